The van der Waals surface area contributed by atoms with Gasteiger partial charge in [-0.1, -0.05) is 54.1 Å². The maximum absolute atomic E-state index is 15.0. The summed E-state index contributed by atoms with van der Waals surface area (Å²) in [6, 6.07) is 17.6. The van der Waals surface area contributed by atoms with E-state index in [4.69, 9.17) is 21.1 Å². The topological polar surface area (TPSA) is 133 Å². The third-order valence-electron chi connectivity index (χ3n) is 8.89. The van der Waals surface area contributed by atoms with Crippen LogP contribution in [0.4, 0.5) is 19.4 Å². The van der Waals surface area contributed by atoms with E-state index < -0.39 is 59.4 Å². The number of ether oxygens (including phenoxy) is 2. The fourth-order valence-electron chi connectivity index (χ4n) is 6.20. The number of hydrogen-bond acceptors (Lipinski definition) is 8. The van der Waals surface area contributed by atoms with Crippen molar-refractivity contribution >= 4 is 29.4 Å². The number of aliphatic hydroxyl groups excluding tert-OH is 2. The van der Waals surface area contributed by atoms with Gasteiger partial charge in [-0.25, -0.2) is 18.6 Å². The Hall–Kier alpha value is -4.78. The highest BCUT2D eigenvalue weighted by molar-refractivity contribution is 6.32. The van der Waals surface area contributed by atoms with Gasteiger partial charge in [-0.3, -0.25) is 4.79 Å². The summed E-state index contributed by atoms with van der Waals surface area (Å²) < 4.78 is 40.4. The van der Waals surface area contributed by atoms with Crippen LogP contribution in [0.15, 0.2) is 79.0 Å². The second-order valence-corrected chi connectivity index (χ2v) is 14.8. The number of aromatic nitrogens is 1. The number of nitrogens with zero attached hydrogens (tertiary/aromatic N) is 2. The van der Waals surface area contributed by atoms with E-state index in [9.17, 15) is 28.6 Å². The molecule has 1 aliphatic rings. The molecule has 2 heterocycles. The van der Waals surface area contributed by atoms with Gasteiger partial charge >= 0.3 is 6.09 Å². The Balaban J connectivity index is 1.41. The Kier molecular flexibility index (Phi) is 12.6. The molecule has 13 heteroatoms. The van der Waals surface area contributed by atoms with Crippen LogP contribution in [0.5, 0.6) is 5.75 Å². The van der Waals surface area contributed by atoms with Crippen LogP contribution in [0, 0.1) is 17.6 Å². The van der Waals surface area contributed by atoms with Crippen molar-refractivity contribution < 1.29 is 38.1 Å². The van der Waals surface area contributed by atoms with Gasteiger partial charge in [0.2, 0.25) is 5.91 Å². The second kappa shape index (κ2) is 16.9. The molecule has 2 amide bonds. The van der Waals surface area contributed by atoms with E-state index in [1.54, 1.807) is 33.0 Å². The molecule has 0 saturated carbocycles. The monoisotopic (exact) mass is 750 g/mol. The standard InChI is InChI=1S/C40H45ClF2N4O6/c1-40(2,3)53-39(51)45-32(16-23-10-12-24(13-11-23)26-14-15-35(44-21-26)47(4)5)33(48)18-27(17-25-8-6-7-9-31(25)43)38(50)46-36-29-19-28(42)20-30(41)37(29)52-22-34(36)49/h6-15,19-21,27,32-34,36,48-49H,16-18,22H2,1-5H3,(H,45,51)(H,46,50)/t27-,32+,33+,34-,36+/m1/s1. The number of alkyl carbamates (subject to hydrolysis) is 1. The summed E-state index contributed by atoms with van der Waals surface area (Å²) in [5.41, 5.74) is 2.15. The van der Waals surface area contributed by atoms with Gasteiger partial charge in [0.05, 0.1) is 23.2 Å². The number of hydrogen-bond donors (Lipinski definition) is 4. The lowest BCUT2D eigenvalue weighted by molar-refractivity contribution is -0.128. The molecule has 10 nitrogen and oxygen atoms in total. The number of rotatable bonds is 12. The molecule has 0 bridgehead atoms. The minimum Gasteiger partial charge on any atom is -0.489 e. The lowest BCUT2D eigenvalue weighted by Gasteiger charge is -2.33. The Morgan fingerprint density at radius 1 is 1.04 bits per heavy atom. The number of nitrogens with one attached hydrogen (secondary N) is 2. The Labute approximate surface area is 313 Å². The molecule has 1 aliphatic heterocycles. The van der Waals surface area contributed by atoms with Gasteiger partial charge in [0.15, 0.2) is 0 Å². The predicted molar refractivity (Wildman–Crippen MR) is 199 cm³/mol. The van der Waals surface area contributed by atoms with E-state index in [0.29, 0.717) is 0 Å². The molecule has 4 N–H and O–H groups in total. The van der Waals surface area contributed by atoms with Crippen molar-refractivity contribution in [3.8, 4) is 16.9 Å². The fraction of sp³-hybridized carbons (Fsp3) is 0.375. The van der Waals surface area contributed by atoms with Crippen LogP contribution in [0.25, 0.3) is 11.1 Å². The molecule has 4 aromatic rings. The average Bonchev–Trinajstić information content (AvgIpc) is 3.09. The number of fused-ring (bicyclic) bond motifs is 1. The van der Waals surface area contributed by atoms with Gasteiger partial charge in [0.25, 0.3) is 0 Å². The lowest BCUT2D eigenvalue weighted by atomic mass is 9.87. The van der Waals surface area contributed by atoms with E-state index in [1.807, 2.05) is 55.4 Å². The van der Waals surface area contributed by atoms with Crippen LogP contribution in [-0.2, 0) is 22.4 Å². The van der Waals surface area contributed by atoms with Crippen molar-refractivity contribution in [1.82, 2.24) is 15.6 Å². The first-order chi connectivity index (χ1) is 25.1. The maximum atomic E-state index is 15.0. The fourth-order valence-corrected chi connectivity index (χ4v) is 6.47. The molecular weight excluding hydrogens is 706 g/mol. The first kappa shape index (κ1) is 39.4. The van der Waals surface area contributed by atoms with Gasteiger partial charge in [0, 0.05) is 37.3 Å². The van der Waals surface area contributed by atoms with Crippen LogP contribution in [0.3, 0.4) is 0 Å². The number of halogens is 3. The van der Waals surface area contributed by atoms with E-state index in [2.05, 4.69) is 15.6 Å². The highest BCUT2D eigenvalue weighted by atomic mass is 35.5. The zero-order chi connectivity index (χ0) is 38.4. The highest BCUT2D eigenvalue weighted by Crippen LogP contribution is 2.39. The largest absolute Gasteiger partial charge is 0.489 e. The quantitative estimate of drug-likeness (QED) is 0.131. The van der Waals surface area contributed by atoms with E-state index in [-0.39, 0.29) is 47.8 Å². The molecule has 282 valence electrons. The van der Waals surface area contributed by atoms with Gasteiger partial charge < -0.3 is 35.2 Å². The molecule has 5 rings (SSSR count). The summed E-state index contributed by atoms with van der Waals surface area (Å²) in [7, 11) is 3.83. The predicted octanol–water partition coefficient (Wildman–Crippen LogP) is 6.40. The SMILES string of the molecule is CN(C)c1ccc(-c2ccc(C[C@H](NC(=O)OC(C)(C)C)[C@@H](O)C[C@@H](Cc3ccccc3F)C(=O)N[C@H]3c4cc(F)cc(Cl)c4OC[C@H]3O)cc2)cn1. The van der Waals surface area contributed by atoms with Crippen LogP contribution >= 0.6 is 11.6 Å². The number of pyridine rings is 1. The van der Waals surface area contributed by atoms with Crippen molar-refractivity contribution in [2.45, 2.75) is 69.9 Å². The molecule has 0 fully saturated rings. The first-order valence-corrected chi connectivity index (χ1v) is 17.7. The maximum Gasteiger partial charge on any atom is 0.407 e. The highest BCUT2D eigenvalue weighted by Gasteiger charge is 2.36. The normalized spacial score (nSPS) is 17.1. The van der Waals surface area contributed by atoms with E-state index in [1.165, 1.54) is 18.2 Å². The van der Waals surface area contributed by atoms with Gasteiger partial charge in [-0.15, -0.1) is 0 Å². The number of anilines is 1. The number of carbonyl (C=O) groups is 2. The van der Waals surface area contributed by atoms with Crippen LogP contribution in [0.1, 0.15) is 49.9 Å². The number of benzene rings is 3. The Bertz CT molecular complexity index is 1890. The number of carbonyl (C=O) groups excluding carboxylic acids is 2. The number of amides is 2. The molecule has 0 spiro atoms. The molecule has 0 unspecified atom stereocenters. The minimum atomic E-state index is -1.33. The van der Waals surface area contributed by atoms with E-state index in [0.717, 1.165) is 34.6 Å². The molecule has 0 aliphatic carbocycles. The van der Waals surface area contributed by atoms with Crippen molar-refractivity contribution in [3.63, 3.8) is 0 Å². The molecular formula is C40H45ClF2N4O6. The van der Waals surface area contributed by atoms with Crippen LogP contribution in [0.2, 0.25) is 5.02 Å². The van der Waals surface area contributed by atoms with Crippen molar-refractivity contribution in [2.24, 2.45) is 5.92 Å². The molecule has 0 saturated heterocycles. The third kappa shape index (κ3) is 10.4. The molecule has 3 aromatic carbocycles. The molecule has 1 aromatic heterocycles. The summed E-state index contributed by atoms with van der Waals surface area (Å²) in [6.07, 6.45) is -1.75. The van der Waals surface area contributed by atoms with Gasteiger partial charge in [-0.05, 0) is 87.1 Å². The molecule has 53 heavy (non-hydrogen) atoms. The van der Waals surface area contributed by atoms with Crippen molar-refractivity contribution in [2.75, 3.05) is 25.6 Å². The first-order valence-electron chi connectivity index (χ1n) is 17.3. The van der Waals surface area contributed by atoms with Gasteiger partial charge in [-0.2, -0.15) is 0 Å². The van der Waals surface area contributed by atoms with Gasteiger partial charge in [0.1, 0.15) is 41.5 Å². The summed E-state index contributed by atoms with van der Waals surface area (Å²) >= 11 is 6.21. The lowest BCUT2D eigenvalue weighted by Crippen LogP contribution is -2.49. The second-order valence-electron chi connectivity index (χ2n) is 14.4. The molecule has 5 atom stereocenters. The zero-order valence-electron chi connectivity index (χ0n) is 30.3. The van der Waals surface area contributed by atoms with E-state index >= 15 is 0 Å². The minimum absolute atomic E-state index is 0.0209. The summed E-state index contributed by atoms with van der Waals surface area (Å²) in [4.78, 5) is 33.5. The van der Waals surface area contributed by atoms with Crippen molar-refractivity contribution in [3.05, 3.63) is 112 Å². The van der Waals surface area contributed by atoms with Crippen LogP contribution < -0.4 is 20.3 Å². The Morgan fingerprint density at radius 2 is 1.74 bits per heavy atom. The smallest absolute Gasteiger partial charge is 0.407 e. The molecule has 0 radical (unpaired) electrons. The average molecular weight is 751 g/mol. The zero-order valence-corrected chi connectivity index (χ0v) is 31.0. The summed E-state index contributed by atoms with van der Waals surface area (Å²) in [5, 5.41) is 28.1. The summed E-state index contributed by atoms with van der Waals surface area (Å²) in [6.45, 7) is 4.93. The summed E-state index contributed by atoms with van der Waals surface area (Å²) in [5.74, 6) is -1.98. The Morgan fingerprint density at radius 3 is 2.38 bits per heavy atom. The van der Waals surface area contributed by atoms with Crippen LogP contribution in [-0.4, -0.2) is 71.8 Å². The van der Waals surface area contributed by atoms with Crippen molar-refractivity contribution in [1.29, 1.82) is 0 Å². The third-order valence-corrected chi connectivity index (χ3v) is 9.17. The number of aliphatic hydroxyl groups is 2.